The van der Waals surface area contributed by atoms with Crippen LogP contribution in [-0.2, 0) is 34.0 Å². The first-order chi connectivity index (χ1) is 35.1. The van der Waals surface area contributed by atoms with Gasteiger partial charge in [0.2, 0.25) is 17.7 Å². The number of carbonyl (C=O) groups excluding carboxylic acids is 5. The summed E-state index contributed by atoms with van der Waals surface area (Å²) < 4.78 is 24.4. The third-order valence-electron chi connectivity index (χ3n) is 13.2. The number of hydrogen-bond donors (Lipinski definition) is 4. The standard InChI is InChI=1S/C54H59N7O9.C3H8/c1-31(58-50(63)28-57-49(62)15-16-54(2,3)4)51(64)59-36-18-32(29-69-47-24-41-39(22-45(47)67-5)52(65)60-37(26-55-41)20-34-11-7-9-13-43(34)60)17-33(19-36)30-70-48-25-42-40(23-46(48)68-6)53(66)61-38(27-56-42)21-35-12-8-10-14-44(35)61;1-3-2/h7,9-11,13-14,17-19,22-25,27,31,37-38,55H,8,12,15-16,20-21,26,28-30H2,1-6H3,(H,57,62)(H,58,63)(H,59,64);3H2,1-2H3/t31?,37?,38-;/m0./s1. The number of ether oxygens (including phenoxy) is 4. The molecule has 0 saturated heterocycles. The molecule has 9 rings (SSSR count). The summed E-state index contributed by atoms with van der Waals surface area (Å²) in [7, 11) is 3.03. The van der Waals surface area contributed by atoms with E-state index in [4.69, 9.17) is 23.9 Å². The van der Waals surface area contributed by atoms with Crippen molar-refractivity contribution in [2.75, 3.05) is 42.8 Å². The minimum Gasteiger partial charge on any atom is -0.493 e. The Morgan fingerprint density at radius 1 is 0.836 bits per heavy atom. The highest BCUT2D eigenvalue weighted by atomic mass is 16.5. The number of methoxy groups -OCH3 is 2. The second-order valence-electron chi connectivity index (χ2n) is 20.2. The summed E-state index contributed by atoms with van der Waals surface area (Å²) in [6.07, 6.45) is 11.5. The predicted molar refractivity (Wildman–Crippen MR) is 282 cm³/mol. The molecule has 1 aliphatic carbocycles. The first kappa shape index (κ1) is 51.7. The van der Waals surface area contributed by atoms with Gasteiger partial charge in [0.25, 0.3) is 11.8 Å². The molecule has 4 aromatic carbocycles. The van der Waals surface area contributed by atoms with E-state index < -0.39 is 17.9 Å². The van der Waals surface area contributed by atoms with Crippen LogP contribution in [0.2, 0.25) is 0 Å². The minimum atomic E-state index is -0.957. The number of carbonyl (C=O) groups is 5. The fraction of sp³-hybridized carbons (Fsp3) is 0.404. The third-order valence-corrected chi connectivity index (χ3v) is 13.2. The molecule has 4 aromatic rings. The van der Waals surface area contributed by atoms with Crippen molar-refractivity contribution >= 4 is 58.5 Å². The van der Waals surface area contributed by atoms with Gasteiger partial charge in [0, 0.05) is 48.4 Å². The van der Waals surface area contributed by atoms with E-state index in [0.717, 1.165) is 42.6 Å². The van der Waals surface area contributed by atoms with Crippen molar-refractivity contribution in [2.24, 2.45) is 10.4 Å². The van der Waals surface area contributed by atoms with Gasteiger partial charge in [-0.05, 0) is 109 Å². The minimum absolute atomic E-state index is 0.00943. The molecule has 4 N–H and O–H groups in total. The summed E-state index contributed by atoms with van der Waals surface area (Å²) in [5.41, 5.74) is 7.86. The topological polar surface area (TPSA) is 189 Å². The molecule has 0 saturated carbocycles. The maximum atomic E-state index is 14.1. The Kier molecular flexibility index (Phi) is 15.9. The lowest BCUT2D eigenvalue weighted by atomic mass is 9.90. The molecule has 0 bridgehead atoms. The fourth-order valence-corrected chi connectivity index (χ4v) is 9.55. The lowest BCUT2D eigenvalue weighted by Gasteiger charge is -2.24. The fourth-order valence-electron chi connectivity index (χ4n) is 9.55. The van der Waals surface area contributed by atoms with E-state index in [9.17, 15) is 24.0 Å². The van der Waals surface area contributed by atoms with E-state index in [2.05, 4.69) is 47.3 Å². The normalized spacial score (nSPS) is 17.4. The molecule has 16 heteroatoms. The van der Waals surface area contributed by atoms with Gasteiger partial charge < -0.3 is 45.1 Å². The zero-order valence-corrected chi connectivity index (χ0v) is 43.1. The molecule has 4 heterocycles. The van der Waals surface area contributed by atoms with Crippen LogP contribution in [0.15, 0.2) is 95.1 Å². The van der Waals surface area contributed by atoms with Gasteiger partial charge in [-0.1, -0.05) is 65.3 Å². The maximum Gasteiger partial charge on any atom is 0.261 e. The summed E-state index contributed by atoms with van der Waals surface area (Å²) >= 11 is 0. The summed E-state index contributed by atoms with van der Waals surface area (Å²) in [6, 6.07) is 19.0. The zero-order chi connectivity index (χ0) is 52.0. The van der Waals surface area contributed by atoms with Crippen LogP contribution in [0.3, 0.4) is 0 Å². The van der Waals surface area contributed by atoms with Crippen LogP contribution in [0.5, 0.6) is 23.0 Å². The zero-order valence-electron chi connectivity index (χ0n) is 43.1. The van der Waals surface area contributed by atoms with E-state index in [1.54, 1.807) is 43.3 Å². The molecule has 16 nitrogen and oxygen atoms in total. The Morgan fingerprint density at radius 2 is 1.51 bits per heavy atom. The monoisotopic (exact) mass is 994 g/mol. The molecular weight excluding hydrogens is 927 g/mol. The number of para-hydroxylation sites is 1. The first-order valence-corrected chi connectivity index (χ1v) is 25.2. The van der Waals surface area contributed by atoms with Crippen LogP contribution in [-0.4, -0.2) is 86.1 Å². The summed E-state index contributed by atoms with van der Waals surface area (Å²) in [5.74, 6) is -0.0473. The van der Waals surface area contributed by atoms with Crippen LogP contribution >= 0.6 is 0 Å². The Morgan fingerprint density at radius 3 is 2.21 bits per heavy atom. The van der Waals surface area contributed by atoms with Gasteiger partial charge in [-0.2, -0.15) is 0 Å². The molecule has 5 aliphatic rings. The van der Waals surface area contributed by atoms with Gasteiger partial charge in [-0.25, -0.2) is 0 Å². The van der Waals surface area contributed by atoms with E-state index >= 15 is 0 Å². The second-order valence-corrected chi connectivity index (χ2v) is 20.2. The number of benzene rings is 4. The number of hydrogen-bond acceptors (Lipinski definition) is 11. The number of nitrogens with one attached hydrogen (secondary N) is 4. The quantitative estimate of drug-likeness (QED) is 0.0894. The highest BCUT2D eigenvalue weighted by Gasteiger charge is 2.39. The number of nitrogens with zero attached hydrogens (tertiary/aromatic N) is 3. The molecular formula is C57H67N7O9. The van der Waals surface area contributed by atoms with Crippen molar-refractivity contribution in [3.05, 3.63) is 118 Å². The van der Waals surface area contributed by atoms with Crippen molar-refractivity contribution in [3.8, 4) is 23.0 Å². The highest BCUT2D eigenvalue weighted by molar-refractivity contribution is 6.12. The van der Waals surface area contributed by atoms with Crippen molar-refractivity contribution in [1.82, 2.24) is 15.5 Å². The Bertz CT molecular complexity index is 2880. The average molecular weight is 994 g/mol. The predicted octanol–water partition coefficient (Wildman–Crippen LogP) is 9.20. The van der Waals surface area contributed by atoms with Gasteiger partial charge in [0.15, 0.2) is 23.0 Å². The maximum absolute atomic E-state index is 14.1. The first-order valence-electron chi connectivity index (χ1n) is 25.2. The van der Waals surface area contributed by atoms with Crippen LogP contribution < -0.4 is 45.1 Å². The van der Waals surface area contributed by atoms with Crippen molar-refractivity contribution in [1.29, 1.82) is 0 Å². The summed E-state index contributed by atoms with van der Waals surface area (Å²) in [6.45, 7) is 12.2. The summed E-state index contributed by atoms with van der Waals surface area (Å²) in [4.78, 5) is 75.4. The van der Waals surface area contributed by atoms with E-state index in [1.165, 1.54) is 26.2 Å². The molecule has 0 aromatic heterocycles. The van der Waals surface area contributed by atoms with Crippen LogP contribution in [0, 0.1) is 5.41 Å². The Labute approximate surface area is 427 Å². The van der Waals surface area contributed by atoms with Crippen molar-refractivity contribution in [3.63, 3.8) is 0 Å². The van der Waals surface area contributed by atoms with E-state index in [1.807, 2.05) is 67.1 Å². The number of anilines is 3. The van der Waals surface area contributed by atoms with Crippen LogP contribution in [0.25, 0.3) is 0 Å². The molecule has 384 valence electrons. The lowest BCUT2D eigenvalue weighted by Crippen LogP contribution is -2.45. The number of amides is 5. The highest BCUT2D eigenvalue weighted by Crippen LogP contribution is 2.43. The van der Waals surface area contributed by atoms with Crippen molar-refractivity contribution < 1.29 is 42.9 Å². The van der Waals surface area contributed by atoms with Crippen LogP contribution in [0.4, 0.5) is 22.7 Å². The number of aliphatic imine (C=N–C) groups is 1. The van der Waals surface area contributed by atoms with Crippen molar-refractivity contribution in [2.45, 2.75) is 118 Å². The van der Waals surface area contributed by atoms with Gasteiger partial charge >= 0.3 is 0 Å². The van der Waals surface area contributed by atoms with Crippen LogP contribution in [0.1, 0.15) is 117 Å². The SMILES string of the molecule is CCC.COc1cc2c(cc1OCc1cc(COc3cc4c(cc3OC)C(=O)N3c5ccccc5CC3CN4)cc(NC(=O)C(C)NC(=O)CNC(=O)CCC(C)(C)C)c1)N=C[C@@H]1CC3=C(C=CCC3)N1C2=O. The van der Waals surface area contributed by atoms with Gasteiger partial charge in [-0.3, -0.25) is 33.9 Å². The molecule has 0 fully saturated rings. The molecule has 0 spiro atoms. The number of fused-ring (bicyclic) bond motifs is 7. The number of allylic oxidation sites excluding steroid dienone is 2. The average Bonchev–Trinajstić information content (AvgIpc) is 3.86. The smallest absolute Gasteiger partial charge is 0.261 e. The van der Waals surface area contributed by atoms with Gasteiger partial charge in [0.1, 0.15) is 19.3 Å². The lowest BCUT2D eigenvalue weighted by molar-refractivity contribution is -0.128. The number of rotatable bonds is 15. The third kappa shape index (κ3) is 11.9. The molecule has 5 amide bonds. The molecule has 73 heavy (non-hydrogen) atoms. The Hall–Kier alpha value is -7.62. The van der Waals surface area contributed by atoms with Gasteiger partial charge in [-0.15, -0.1) is 0 Å². The molecule has 3 atom stereocenters. The molecule has 4 aliphatic heterocycles. The van der Waals surface area contributed by atoms with Gasteiger partial charge in [0.05, 0.1) is 55.3 Å². The van der Waals surface area contributed by atoms with E-state index in [-0.39, 0.29) is 61.4 Å². The molecule has 2 unspecified atom stereocenters. The summed E-state index contributed by atoms with van der Waals surface area (Å²) in [5, 5.41) is 11.7. The second kappa shape index (κ2) is 22.4. The Balaban J connectivity index is 0.00000231. The van der Waals surface area contributed by atoms with E-state index in [0.29, 0.717) is 75.3 Å². The largest absolute Gasteiger partial charge is 0.493 e. The molecule has 0 radical (unpaired) electrons.